The standard InChI is InChI=1S/C17H16BrFN2O2/c1-12(22)21(15-8-6-14(18)7-9-15)11-17(23)20-10-13-4-2-3-5-16(13)19/h2-9H,10-11H2,1H3,(H,20,23). The van der Waals surface area contributed by atoms with Crippen molar-refractivity contribution in [2.24, 2.45) is 0 Å². The summed E-state index contributed by atoms with van der Waals surface area (Å²) in [6, 6.07) is 13.3. The van der Waals surface area contributed by atoms with Crippen molar-refractivity contribution in [3.05, 3.63) is 64.4 Å². The molecule has 0 unspecified atom stereocenters. The minimum absolute atomic E-state index is 0.0809. The first-order valence-corrected chi connectivity index (χ1v) is 7.80. The SMILES string of the molecule is CC(=O)N(CC(=O)NCc1ccccc1F)c1ccc(Br)cc1. The number of rotatable bonds is 5. The highest BCUT2D eigenvalue weighted by Gasteiger charge is 2.15. The Morgan fingerprint density at radius 3 is 2.39 bits per heavy atom. The van der Waals surface area contributed by atoms with E-state index in [0.717, 1.165) is 4.47 Å². The quantitative estimate of drug-likeness (QED) is 0.867. The lowest BCUT2D eigenvalue weighted by molar-refractivity contribution is -0.123. The maximum Gasteiger partial charge on any atom is 0.240 e. The van der Waals surface area contributed by atoms with Crippen LogP contribution in [0.4, 0.5) is 10.1 Å². The summed E-state index contributed by atoms with van der Waals surface area (Å²) < 4.78 is 14.4. The highest BCUT2D eigenvalue weighted by atomic mass is 79.9. The van der Waals surface area contributed by atoms with E-state index in [1.165, 1.54) is 17.9 Å². The summed E-state index contributed by atoms with van der Waals surface area (Å²) in [5.74, 6) is -0.969. The molecule has 6 heteroatoms. The van der Waals surface area contributed by atoms with E-state index in [2.05, 4.69) is 21.2 Å². The van der Waals surface area contributed by atoms with Gasteiger partial charge in [0.2, 0.25) is 11.8 Å². The molecule has 0 saturated heterocycles. The molecule has 23 heavy (non-hydrogen) atoms. The Kier molecular flexibility index (Phi) is 5.87. The molecule has 0 aliphatic heterocycles. The minimum atomic E-state index is -0.371. The second-order valence-electron chi connectivity index (χ2n) is 4.95. The number of benzene rings is 2. The van der Waals surface area contributed by atoms with Crippen LogP contribution in [-0.4, -0.2) is 18.4 Å². The highest BCUT2D eigenvalue weighted by Crippen LogP contribution is 2.18. The number of carbonyl (C=O) groups excluding carboxylic acids is 2. The van der Waals surface area contributed by atoms with Crippen LogP contribution in [0.15, 0.2) is 53.0 Å². The minimum Gasteiger partial charge on any atom is -0.350 e. The Morgan fingerprint density at radius 1 is 1.13 bits per heavy atom. The molecule has 120 valence electrons. The lowest BCUT2D eigenvalue weighted by Crippen LogP contribution is -2.39. The molecule has 0 aliphatic carbocycles. The molecule has 0 bridgehead atoms. The second-order valence-corrected chi connectivity index (χ2v) is 5.87. The van der Waals surface area contributed by atoms with Gasteiger partial charge in [0.1, 0.15) is 12.4 Å². The Balaban J connectivity index is 2.00. The number of hydrogen-bond donors (Lipinski definition) is 1. The van der Waals surface area contributed by atoms with Crippen molar-refractivity contribution in [1.82, 2.24) is 5.32 Å². The smallest absolute Gasteiger partial charge is 0.240 e. The lowest BCUT2D eigenvalue weighted by atomic mass is 10.2. The van der Waals surface area contributed by atoms with Crippen LogP contribution >= 0.6 is 15.9 Å². The molecule has 2 amide bonds. The van der Waals surface area contributed by atoms with Gasteiger partial charge in [-0.25, -0.2) is 4.39 Å². The Hall–Kier alpha value is -2.21. The fourth-order valence-electron chi connectivity index (χ4n) is 2.04. The maximum atomic E-state index is 13.5. The van der Waals surface area contributed by atoms with E-state index in [0.29, 0.717) is 11.3 Å². The lowest BCUT2D eigenvalue weighted by Gasteiger charge is -2.20. The molecule has 2 aromatic carbocycles. The molecular weight excluding hydrogens is 363 g/mol. The average molecular weight is 379 g/mol. The predicted molar refractivity (Wildman–Crippen MR) is 90.4 cm³/mol. The van der Waals surface area contributed by atoms with Crippen LogP contribution in [0.3, 0.4) is 0 Å². The highest BCUT2D eigenvalue weighted by molar-refractivity contribution is 9.10. The maximum absolute atomic E-state index is 13.5. The topological polar surface area (TPSA) is 49.4 Å². The molecule has 0 atom stereocenters. The molecule has 4 nitrogen and oxygen atoms in total. The van der Waals surface area contributed by atoms with Gasteiger partial charge in [-0.3, -0.25) is 9.59 Å². The summed E-state index contributed by atoms with van der Waals surface area (Å²) in [6.07, 6.45) is 0. The Morgan fingerprint density at radius 2 is 1.78 bits per heavy atom. The zero-order chi connectivity index (χ0) is 16.8. The van der Waals surface area contributed by atoms with E-state index in [1.54, 1.807) is 42.5 Å². The third-order valence-electron chi connectivity index (χ3n) is 3.25. The number of nitrogens with zero attached hydrogens (tertiary/aromatic N) is 1. The molecule has 0 saturated carbocycles. The number of amides is 2. The van der Waals surface area contributed by atoms with Gasteiger partial charge in [0.05, 0.1) is 0 Å². The second kappa shape index (κ2) is 7.87. The van der Waals surface area contributed by atoms with Gasteiger partial charge >= 0.3 is 0 Å². The molecule has 0 heterocycles. The first-order valence-electron chi connectivity index (χ1n) is 7.01. The fraction of sp³-hybridized carbons (Fsp3) is 0.176. The van der Waals surface area contributed by atoms with Crippen LogP contribution < -0.4 is 10.2 Å². The van der Waals surface area contributed by atoms with Gasteiger partial charge in [-0.1, -0.05) is 34.1 Å². The average Bonchev–Trinajstić information content (AvgIpc) is 2.52. The molecule has 0 spiro atoms. The molecule has 0 fully saturated rings. The van der Waals surface area contributed by atoms with Crippen LogP contribution in [0.5, 0.6) is 0 Å². The summed E-state index contributed by atoms with van der Waals surface area (Å²) in [5, 5.41) is 2.62. The summed E-state index contributed by atoms with van der Waals surface area (Å²) in [4.78, 5) is 25.2. The van der Waals surface area contributed by atoms with Gasteiger partial charge in [0.25, 0.3) is 0 Å². The van der Waals surface area contributed by atoms with E-state index in [4.69, 9.17) is 0 Å². The zero-order valence-corrected chi connectivity index (χ0v) is 14.1. The van der Waals surface area contributed by atoms with Gasteiger partial charge in [-0.05, 0) is 30.3 Å². The first-order chi connectivity index (χ1) is 11.0. The van der Waals surface area contributed by atoms with Crippen molar-refractivity contribution >= 4 is 33.4 Å². The number of carbonyl (C=O) groups is 2. The number of halogens is 2. The monoisotopic (exact) mass is 378 g/mol. The van der Waals surface area contributed by atoms with Crippen molar-refractivity contribution in [1.29, 1.82) is 0 Å². The molecule has 0 radical (unpaired) electrons. The molecule has 0 aliphatic rings. The fourth-order valence-corrected chi connectivity index (χ4v) is 2.30. The van der Waals surface area contributed by atoms with E-state index < -0.39 is 0 Å². The van der Waals surface area contributed by atoms with Crippen molar-refractivity contribution in [3.8, 4) is 0 Å². The van der Waals surface area contributed by atoms with Crippen molar-refractivity contribution < 1.29 is 14.0 Å². The van der Waals surface area contributed by atoms with E-state index in [1.807, 2.05) is 0 Å². The van der Waals surface area contributed by atoms with Crippen LogP contribution in [-0.2, 0) is 16.1 Å². The van der Waals surface area contributed by atoms with E-state index >= 15 is 0 Å². The molecule has 0 aromatic heterocycles. The Bertz CT molecular complexity index is 704. The van der Waals surface area contributed by atoms with E-state index in [-0.39, 0.29) is 30.7 Å². The van der Waals surface area contributed by atoms with Crippen molar-refractivity contribution in [2.45, 2.75) is 13.5 Å². The van der Waals surface area contributed by atoms with Crippen LogP contribution in [0, 0.1) is 5.82 Å². The summed E-state index contributed by atoms with van der Waals surface area (Å²) in [5.41, 5.74) is 1.03. The zero-order valence-electron chi connectivity index (χ0n) is 12.6. The molecular formula is C17H16BrFN2O2. The van der Waals surface area contributed by atoms with Crippen LogP contribution in [0.1, 0.15) is 12.5 Å². The Labute approximate surface area is 142 Å². The van der Waals surface area contributed by atoms with Gasteiger partial charge in [0.15, 0.2) is 0 Å². The van der Waals surface area contributed by atoms with Gasteiger partial charge in [-0.15, -0.1) is 0 Å². The first kappa shape index (κ1) is 17.1. The third-order valence-corrected chi connectivity index (χ3v) is 3.78. The van der Waals surface area contributed by atoms with Crippen LogP contribution in [0.25, 0.3) is 0 Å². The largest absolute Gasteiger partial charge is 0.350 e. The summed E-state index contributed by atoms with van der Waals surface area (Å²) >= 11 is 3.32. The van der Waals surface area contributed by atoms with E-state index in [9.17, 15) is 14.0 Å². The molecule has 2 aromatic rings. The normalized spacial score (nSPS) is 10.2. The predicted octanol–water partition coefficient (Wildman–Crippen LogP) is 3.26. The molecule has 1 N–H and O–H groups in total. The number of anilines is 1. The van der Waals surface area contributed by atoms with Crippen LogP contribution in [0.2, 0.25) is 0 Å². The van der Waals surface area contributed by atoms with Crippen molar-refractivity contribution in [3.63, 3.8) is 0 Å². The summed E-state index contributed by atoms with van der Waals surface area (Å²) in [6.45, 7) is 1.36. The van der Waals surface area contributed by atoms with Gasteiger partial charge < -0.3 is 10.2 Å². The number of nitrogens with one attached hydrogen (secondary N) is 1. The van der Waals surface area contributed by atoms with Gasteiger partial charge in [0, 0.05) is 29.2 Å². The van der Waals surface area contributed by atoms with Crippen molar-refractivity contribution in [2.75, 3.05) is 11.4 Å². The summed E-state index contributed by atoms with van der Waals surface area (Å²) in [7, 11) is 0. The van der Waals surface area contributed by atoms with Gasteiger partial charge in [-0.2, -0.15) is 0 Å². The third kappa shape index (κ3) is 4.89. The molecule has 2 rings (SSSR count). The number of hydrogen-bond acceptors (Lipinski definition) is 2.